The van der Waals surface area contributed by atoms with Gasteiger partial charge in [-0.25, -0.2) is 8.42 Å². The van der Waals surface area contributed by atoms with Crippen LogP contribution in [0.4, 0.5) is 0 Å². The van der Waals surface area contributed by atoms with Crippen molar-refractivity contribution in [1.29, 1.82) is 0 Å². The molecule has 2 atom stereocenters. The molecular weight excluding hydrogens is 302 g/mol. The van der Waals surface area contributed by atoms with Crippen LogP contribution in [0.2, 0.25) is 0 Å². The van der Waals surface area contributed by atoms with Gasteiger partial charge in [0.25, 0.3) is 0 Å². The topological polar surface area (TPSA) is 74.7 Å². The molecule has 0 spiro atoms. The Morgan fingerprint density at radius 1 is 1.27 bits per heavy atom. The molecule has 1 fully saturated rings. The molecule has 0 aliphatic carbocycles. The summed E-state index contributed by atoms with van der Waals surface area (Å²) < 4.78 is 26.9. The zero-order valence-corrected chi connectivity index (χ0v) is 13.6. The number of nitrogens with zero attached hydrogens (tertiary/aromatic N) is 1. The van der Waals surface area contributed by atoms with Crippen LogP contribution in [0.5, 0.6) is 0 Å². The molecule has 1 N–H and O–H groups in total. The molecule has 1 aromatic rings. The second kappa shape index (κ2) is 7.35. The van der Waals surface area contributed by atoms with Crippen LogP contribution in [-0.4, -0.2) is 36.4 Å². The quantitative estimate of drug-likeness (QED) is 0.643. The molecule has 6 heteroatoms. The first-order valence-electron chi connectivity index (χ1n) is 7.68. The Morgan fingerprint density at radius 2 is 1.95 bits per heavy atom. The maximum absolute atomic E-state index is 12.8. The predicted octanol–water partition coefficient (Wildman–Crippen LogP) is 2.23. The molecule has 122 valence electrons. The highest BCUT2D eigenvalue weighted by Crippen LogP contribution is 2.31. The Bertz CT molecular complexity index is 597. The average Bonchev–Trinajstić information content (AvgIpc) is 2.48. The molecule has 1 aromatic carbocycles. The van der Waals surface area contributed by atoms with E-state index in [0.29, 0.717) is 25.7 Å². The molecule has 0 saturated carbocycles. The first-order chi connectivity index (χ1) is 10.5. The highest BCUT2D eigenvalue weighted by atomic mass is 32.2. The van der Waals surface area contributed by atoms with Crippen molar-refractivity contribution in [3.05, 3.63) is 29.8 Å². The van der Waals surface area contributed by atoms with Crippen molar-refractivity contribution in [2.75, 3.05) is 0 Å². The third-order valence-electron chi connectivity index (χ3n) is 4.11. The van der Waals surface area contributed by atoms with Gasteiger partial charge in [0.1, 0.15) is 12.5 Å². The van der Waals surface area contributed by atoms with Gasteiger partial charge in [0.15, 0.2) is 0 Å². The molecule has 2 unspecified atom stereocenters. The number of unbranched alkanes of at least 4 members (excludes halogenated alkanes) is 1. The Balaban J connectivity index is 2.26. The third kappa shape index (κ3) is 3.74. The molecule has 0 amide bonds. The lowest BCUT2D eigenvalue weighted by molar-refractivity contribution is -0.108. The minimum Gasteiger partial charge on any atom is -0.377 e. The number of rotatable bonds is 6. The first-order valence-corrected chi connectivity index (χ1v) is 9.12. The zero-order chi connectivity index (χ0) is 16.2. The molecule has 5 nitrogen and oxygen atoms in total. The summed E-state index contributed by atoms with van der Waals surface area (Å²) in [5.41, 5.74) is 0.987. The molecule has 0 bridgehead atoms. The lowest BCUT2D eigenvalue weighted by Crippen LogP contribution is -2.49. The van der Waals surface area contributed by atoms with E-state index < -0.39 is 16.3 Å². The van der Waals surface area contributed by atoms with Crippen LogP contribution in [0.3, 0.4) is 0 Å². The normalized spacial score (nSPS) is 23.4. The Morgan fingerprint density at radius 3 is 2.59 bits per heavy atom. The van der Waals surface area contributed by atoms with Gasteiger partial charge >= 0.3 is 0 Å². The van der Waals surface area contributed by atoms with Crippen LogP contribution in [0, 0.1) is 6.92 Å². The summed E-state index contributed by atoms with van der Waals surface area (Å²) in [5.74, 6) is 0. The largest absolute Gasteiger partial charge is 0.377 e. The number of hydrogen-bond donors (Lipinski definition) is 1. The van der Waals surface area contributed by atoms with Gasteiger partial charge in [0, 0.05) is 12.5 Å². The van der Waals surface area contributed by atoms with Crippen molar-refractivity contribution in [1.82, 2.24) is 4.31 Å². The van der Waals surface area contributed by atoms with Crippen molar-refractivity contribution >= 4 is 16.3 Å². The first kappa shape index (κ1) is 17.1. The number of piperidine rings is 1. The maximum atomic E-state index is 12.8. The number of sulfonamides is 1. The van der Waals surface area contributed by atoms with Crippen LogP contribution < -0.4 is 0 Å². The van der Waals surface area contributed by atoms with Gasteiger partial charge in [0.2, 0.25) is 10.0 Å². The van der Waals surface area contributed by atoms with Crippen molar-refractivity contribution in [2.45, 2.75) is 62.6 Å². The highest BCUT2D eigenvalue weighted by molar-refractivity contribution is 7.89. The van der Waals surface area contributed by atoms with Crippen LogP contribution in [0.25, 0.3) is 0 Å². The Kier molecular flexibility index (Phi) is 5.72. The van der Waals surface area contributed by atoms with Gasteiger partial charge in [-0.2, -0.15) is 4.31 Å². The summed E-state index contributed by atoms with van der Waals surface area (Å²) in [6.45, 7) is 1.90. The van der Waals surface area contributed by atoms with Crippen molar-refractivity contribution in [2.24, 2.45) is 0 Å². The SMILES string of the molecule is Cc1ccc(S(=O)(=O)N2C(O)CCCC2CCCC=O)cc1. The number of hydrogen-bond acceptors (Lipinski definition) is 4. The van der Waals surface area contributed by atoms with E-state index in [4.69, 9.17) is 0 Å². The third-order valence-corrected chi connectivity index (χ3v) is 6.07. The number of carbonyl (C=O) groups excluding carboxylic acids is 1. The van der Waals surface area contributed by atoms with Gasteiger partial charge in [0.05, 0.1) is 4.90 Å². The fraction of sp³-hybridized carbons (Fsp3) is 0.562. The van der Waals surface area contributed by atoms with Crippen LogP contribution in [0.1, 0.15) is 44.1 Å². The van der Waals surface area contributed by atoms with Gasteiger partial charge in [-0.05, 0) is 51.2 Å². The molecule has 1 aliphatic rings. The average molecular weight is 325 g/mol. The number of carbonyl (C=O) groups is 1. The minimum atomic E-state index is -3.72. The van der Waals surface area contributed by atoms with E-state index in [1.165, 1.54) is 4.31 Å². The molecule has 0 radical (unpaired) electrons. The van der Waals surface area contributed by atoms with E-state index in [-0.39, 0.29) is 10.9 Å². The minimum absolute atomic E-state index is 0.208. The van der Waals surface area contributed by atoms with E-state index in [9.17, 15) is 18.3 Å². The van der Waals surface area contributed by atoms with Crippen LogP contribution in [-0.2, 0) is 14.8 Å². The molecule has 1 heterocycles. The number of aliphatic hydroxyl groups excluding tert-OH is 1. The monoisotopic (exact) mass is 325 g/mol. The van der Waals surface area contributed by atoms with E-state index in [2.05, 4.69) is 0 Å². The maximum Gasteiger partial charge on any atom is 0.245 e. The highest BCUT2D eigenvalue weighted by Gasteiger charge is 2.38. The molecule has 2 rings (SSSR count). The lowest BCUT2D eigenvalue weighted by Gasteiger charge is -2.38. The predicted molar refractivity (Wildman–Crippen MR) is 83.8 cm³/mol. The summed E-state index contributed by atoms with van der Waals surface area (Å²) >= 11 is 0. The van der Waals surface area contributed by atoms with Gasteiger partial charge in [-0.1, -0.05) is 17.7 Å². The van der Waals surface area contributed by atoms with Crippen molar-refractivity contribution in [3.8, 4) is 0 Å². The fourth-order valence-corrected chi connectivity index (χ4v) is 4.68. The molecule has 1 saturated heterocycles. The summed E-state index contributed by atoms with van der Waals surface area (Å²) in [7, 11) is -3.72. The van der Waals surface area contributed by atoms with Gasteiger partial charge in [-0.15, -0.1) is 0 Å². The Labute approximate surface area is 132 Å². The number of aldehydes is 1. The zero-order valence-electron chi connectivity index (χ0n) is 12.8. The lowest BCUT2D eigenvalue weighted by atomic mass is 9.99. The number of aryl methyl sites for hydroxylation is 1. The molecule has 0 aromatic heterocycles. The summed E-state index contributed by atoms with van der Waals surface area (Å²) in [6, 6.07) is 6.42. The fourth-order valence-electron chi connectivity index (χ4n) is 2.93. The standard InChI is InChI=1S/C16H23NO4S/c1-13-8-10-15(11-9-13)22(20,21)17-14(5-2-3-12-18)6-4-7-16(17)19/h8-12,14,16,19H,2-7H2,1H3. The number of aliphatic hydroxyl groups is 1. The van der Waals surface area contributed by atoms with Crippen LogP contribution >= 0.6 is 0 Å². The van der Waals surface area contributed by atoms with Gasteiger partial charge in [-0.3, -0.25) is 0 Å². The second-order valence-electron chi connectivity index (χ2n) is 5.81. The van der Waals surface area contributed by atoms with E-state index >= 15 is 0 Å². The van der Waals surface area contributed by atoms with E-state index in [1.54, 1.807) is 24.3 Å². The van der Waals surface area contributed by atoms with E-state index in [1.807, 2.05) is 6.92 Å². The van der Waals surface area contributed by atoms with E-state index in [0.717, 1.165) is 24.7 Å². The summed E-state index contributed by atoms with van der Waals surface area (Å²) in [4.78, 5) is 10.7. The van der Waals surface area contributed by atoms with Crippen molar-refractivity contribution < 1.29 is 18.3 Å². The molecule has 1 aliphatic heterocycles. The number of benzene rings is 1. The summed E-state index contributed by atoms with van der Waals surface area (Å²) in [6.07, 6.45) is 3.50. The Hall–Kier alpha value is -1.24. The van der Waals surface area contributed by atoms with Crippen LogP contribution in [0.15, 0.2) is 29.2 Å². The smallest absolute Gasteiger partial charge is 0.245 e. The molecule has 22 heavy (non-hydrogen) atoms. The summed E-state index contributed by atoms with van der Waals surface area (Å²) in [5, 5.41) is 10.2. The van der Waals surface area contributed by atoms with Crippen molar-refractivity contribution in [3.63, 3.8) is 0 Å². The van der Waals surface area contributed by atoms with Gasteiger partial charge < -0.3 is 9.90 Å². The second-order valence-corrected chi connectivity index (χ2v) is 7.65. The molecular formula is C16H23NO4S.